The van der Waals surface area contributed by atoms with Gasteiger partial charge in [0.25, 0.3) is 0 Å². The van der Waals surface area contributed by atoms with Gasteiger partial charge in [0.2, 0.25) is 82.7 Å². The van der Waals surface area contributed by atoms with E-state index in [0.717, 1.165) is 11.8 Å². The zero-order valence-electron chi connectivity index (χ0n) is 60.7. The molecule has 35 nitrogen and oxygen atoms in total. The van der Waals surface area contributed by atoms with E-state index in [4.69, 9.17) is 11.5 Å². The van der Waals surface area contributed by atoms with E-state index in [1.165, 1.54) is 14.7 Å². The summed E-state index contributed by atoms with van der Waals surface area (Å²) >= 11 is 8.66. The second-order valence-electron chi connectivity index (χ2n) is 27.2. The van der Waals surface area contributed by atoms with Gasteiger partial charge in [-0.3, -0.25) is 76.9 Å². The maximum absolute atomic E-state index is 14.9. The zero-order chi connectivity index (χ0) is 78.8. The van der Waals surface area contributed by atoms with Gasteiger partial charge in [0, 0.05) is 50.7 Å². The van der Waals surface area contributed by atoms with E-state index in [1.807, 2.05) is 0 Å². The van der Waals surface area contributed by atoms with Gasteiger partial charge < -0.3 is 99.6 Å². The molecule has 4 heterocycles. The third kappa shape index (κ3) is 24.7. The Balaban J connectivity index is 1.35. The summed E-state index contributed by atoms with van der Waals surface area (Å²) < 4.78 is 0. The first-order valence-corrected chi connectivity index (χ1v) is 37.3. The first-order chi connectivity index (χ1) is 50.9. The van der Waals surface area contributed by atoms with E-state index in [-0.39, 0.29) is 89.4 Å². The molecule has 4 aliphatic rings. The first kappa shape index (κ1) is 86.3. The third-order valence-electron chi connectivity index (χ3n) is 19.4. The van der Waals surface area contributed by atoms with Crippen molar-refractivity contribution in [1.82, 2.24) is 72.8 Å². The van der Waals surface area contributed by atoms with Gasteiger partial charge in [0.1, 0.15) is 72.5 Å². The summed E-state index contributed by atoms with van der Waals surface area (Å²) in [4.78, 5) is 223. The van der Waals surface area contributed by atoms with Crippen molar-refractivity contribution >= 4 is 120 Å². The Kier molecular flexibility index (Phi) is 33.9. The van der Waals surface area contributed by atoms with E-state index in [2.05, 4.69) is 83.4 Å². The molecule has 4 aliphatic heterocycles. The predicted octanol–water partition coefficient (Wildman–Crippen LogP) is -4.42. The third-order valence-corrected chi connectivity index (χ3v) is 20.1. The number of nitrogens with one attached hydrogen (secondary N) is 10. The van der Waals surface area contributed by atoms with Gasteiger partial charge >= 0.3 is 5.97 Å². The number of carboxylic acids is 1. The summed E-state index contributed by atoms with van der Waals surface area (Å²) in [6.45, 7) is 4.97. The Morgan fingerprint density at radius 1 is 0.523 bits per heavy atom. The molecular formula is C70H103N17O18S2. The highest BCUT2D eigenvalue weighted by molar-refractivity contribution is 7.80. The number of amides is 14. The van der Waals surface area contributed by atoms with Gasteiger partial charge in [-0.1, -0.05) is 101 Å². The molecule has 107 heavy (non-hydrogen) atoms. The van der Waals surface area contributed by atoms with Crippen LogP contribution >= 0.6 is 25.3 Å². The van der Waals surface area contributed by atoms with Crippen LogP contribution in [0, 0.1) is 11.8 Å². The van der Waals surface area contributed by atoms with Gasteiger partial charge in [-0.05, 0) is 81.3 Å². The number of carbonyl (C=O) groups is 15. The number of fused-ring (bicyclic) bond motifs is 3. The second kappa shape index (κ2) is 42.1. The maximum atomic E-state index is 14.9. The van der Waals surface area contributed by atoms with Gasteiger partial charge in [-0.15, -0.1) is 0 Å². The molecule has 2 aromatic carbocycles. The van der Waals surface area contributed by atoms with E-state index in [9.17, 15) is 87.2 Å². The smallest absolute Gasteiger partial charge is 0.305 e. The molecule has 15 atom stereocenters. The number of benzene rings is 2. The van der Waals surface area contributed by atoms with E-state index in [1.54, 1.807) is 88.4 Å². The number of aliphatic carboxylic acids is 1. The molecule has 0 saturated carbocycles. The summed E-state index contributed by atoms with van der Waals surface area (Å²) in [7, 11) is 0. The van der Waals surface area contributed by atoms with Crippen molar-refractivity contribution in [2.24, 2.45) is 28.3 Å². The number of guanidine groups is 1. The molecule has 0 bridgehead atoms. The van der Waals surface area contributed by atoms with E-state index >= 15 is 0 Å². The minimum atomic E-state index is -1.87. The summed E-state index contributed by atoms with van der Waals surface area (Å²) in [5.41, 5.74) is 12.0. The van der Waals surface area contributed by atoms with Crippen LogP contribution in [0.2, 0.25) is 0 Å². The number of nitrogens with two attached hydrogens (primary N) is 2. The summed E-state index contributed by atoms with van der Waals surface area (Å²) in [5.74, 6) is -16.6. The average Bonchev–Trinajstić information content (AvgIpc) is 1.69. The van der Waals surface area contributed by atoms with Crippen molar-refractivity contribution < 1.29 is 87.2 Å². The van der Waals surface area contributed by atoms with Crippen molar-refractivity contribution in [3.05, 3.63) is 71.8 Å². The van der Waals surface area contributed by atoms with Crippen molar-refractivity contribution in [2.75, 3.05) is 57.4 Å². The zero-order valence-corrected chi connectivity index (χ0v) is 62.5. The fourth-order valence-electron chi connectivity index (χ4n) is 13.0. The molecule has 6 rings (SSSR count). The van der Waals surface area contributed by atoms with Crippen LogP contribution in [0.25, 0.3) is 0 Å². The molecular weight excluding hydrogens is 1430 g/mol. The summed E-state index contributed by atoms with van der Waals surface area (Å²) in [6.07, 6.45) is -1.11. The van der Waals surface area contributed by atoms with Crippen LogP contribution in [-0.2, 0) is 84.9 Å². The molecule has 4 fully saturated rings. The van der Waals surface area contributed by atoms with Gasteiger partial charge in [-0.2, -0.15) is 25.3 Å². The number of carboxylic acid groups (broad SMARTS) is 1. The molecule has 588 valence electrons. The molecule has 17 N–H and O–H groups in total. The molecule has 37 heteroatoms. The molecule has 0 aromatic heterocycles. The number of thiol groups is 2. The number of nitrogens with zero attached hydrogens (tertiary/aromatic N) is 5. The topological polar surface area (TPSA) is 514 Å². The second-order valence-corrected chi connectivity index (χ2v) is 27.9. The normalized spacial score (nSPS) is 27.0. The van der Waals surface area contributed by atoms with Crippen LogP contribution in [-0.4, -0.2) is 266 Å². The average molecular weight is 1530 g/mol. The Hall–Kier alpha value is -9.62. The van der Waals surface area contributed by atoms with Crippen molar-refractivity contribution in [3.8, 4) is 0 Å². The predicted molar refractivity (Wildman–Crippen MR) is 394 cm³/mol. The van der Waals surface area contributed by atoms with Crippen molar-refractivity contribution in [2.45, 2.75) is 197 Å². The van der Waals surface area contributed by atoms with Crippen LogP contribution in [0.1, 0.15) is 116 Å². The highest BCUT2D eigenvalue weighted by atomic mass is 32.1. The number of aliphatic hydroxyl groups is 2. The van der Waals surface area contributed by atoms with Crippen LogP contribution in [0.3, 0.4) is 0 Å². The lowest BCUT2D eigenvalue weighted by molar-refractivity contribution is -0.149. The fraction of sp³-hybridized carbons (Fsp3) is 0.600. The van der Waals surface area contributed by atoms with Gasteiger partial charge in [-0.25, -0.2) is 0 Å². The lowest BCUT2D eigenvalue weighted by atomic mass is 9.96. The number of rotatable bonds is 18. The highest BCUT2D eigenvalue weighted by Gasteiger charge is 2.47. The lowest BCUT2D eigenvalue weighted by Crippen LogP contribution is -2.62. The monoisotopic (exact) mass is 1530 g/mol. The van der Waals surface area contributed by atoms with Crippen molar-refractivity contribution in [3.63, 3.8) is 0 Å². The lowest BCUT2D eigenvalue weighted by Gasteiger charge is -2.35. The maximum Gasteiger partial charge on any atom is 0.305 e. The van der Waals surface area contributed by atoms with Crippen LogP contribution in [0.15, 0.2) is 65.7 Å². The largest absolute Gasteiger partial charge is 0.481 e. The van der Waals surface area contributed by atoms with Gasteiger partial charge in [0.15, 0.2) is 5.96 Å². The molecule has 14 amide bonds. The standard InChI is InChI=1S/C70H103N17O18S2/c1-6-38(3)55-65(101)80-47(36-106)61(97)78-45(30-41-18-10-8-11-19-41)66(102)85-27-15-23-49(85)63(99)77-44(31-54(92)93)58(94)74-32-52(90)75-43(22-14-26-73-70(71)72)59(95)79-48(37-107)62(98)83-57(40(5)89)68(104)84(33-42-20-12-9-13-21-42)34-53(91)76-46(35-88)60(96)82-56(39(4)7-2)69(105)87-29-17-25-51(87)67(103)86-28-16-24-50(86)64(100)81-55/h8-13,18-21,38-40,43-51,55-57,88-89,106-107H,6-7,14-17,22-37H2,1-5H3,(H,74,94)(H,75,90)(H,76,91)(H,77,99)(H,78,97)(H,79,95)(H,80,101)(H,81,100)(H,82,96)(H,83,98)(H,92,93)(H4,71,72,73)/t38-,39-,40-,43-,44-,45-,46-,47-,48-,49-,50-,51-,55-,56-,57-/m0/s1. The van der Waals surface area contributed by atoms with Crippen LogP contribution in [0.5, 0.6) is 0 Å². The molecule has 2 aromatic rings. The quantitative estimate of drug-likeness (QED) is 0.0290. The van der Waals surface area contributed by atoms with Crippen molar-refractivity contribution in [1.29, 1.82) is 0 Å². The van der Waals surface area contributed by atoms with Gasteiger partial charge in [0.05, 0.1) is 32.2 Å². The molecule has 0 unspecified atom stereocenters. The Bertz CT molecular complexity index is 3520. The number of aliphatic hydroxyl groups excluding tert-OH is 2. The Morgan fingerprint density at radius 2 is 0.991 bits per heavy atom. The minimum absolute atomic E-state index is 0.0126. The Morgan fingerprint density at radius 3 is 1.54 bits per heavy atom. The number of hydrogen-bond donors (Lipinski definition) is 17. The highest BCUT2D eigenvalue weighted by Crippen LogP contribution is 2.28. The van der Waals surface area contributed by atoms with Crippen LogP contribution < -0.4 is 64.6 Å². The number of aliphatic imine (C=N–C) groups is 1. The molecule has 0 aliphatic carbocycles. The number of carbonyl (C=O) groups excluding carboxylic acids is 14. The molecule has 0 spiro atoms. The van der Waals surface area contributed by atoms with E-state index < -0.39 is 211 Å². The van der Waals surface area contributed by atoms with Crippen LogP contribution in [0.4, 0.5) is 0 Å². The SMILES string of the molecule is CC[C@H](C)[C@@H]1NC(=O)[C@@H]2CCCN2C(=O)[C@@H]2CCCN2C(=O)[C@H]([C@@H](C)CC)NC(=O)[C@H](CO)NC(=O)CN(Cc2ccccc2)C(=O)[C@H]([C@H](C)O)NC(=O)[C@H](CS)NC(=O)[C@H](CCCN=C(N)N)NC(=O)CNC(=O)[C@H](CC(=O)O)NC(=O)[C@@H]2CCCN2C(=O)[C@H](Cc2ccccc2)NC(=O)[C@H](CS)NC1=O. The molecule has 4 saturated heterocycles. The fourth-order valence-corrected chi connectivity index (χ4v) is 13.5. The Labute approximate surface area is 631 Å². The number of hydrogen-bond acceptors (Lipinski definition) is 20. The first-order valence-electron chi connectivity index (χ1n) is 36.0. The molecule has 0 radical (unpaired) electrons. The van der Waals surface area contributed by atoms with E-state index in [0.29, 0.717) is 36.8 Å². The summed E-state index contributed by atoms with van der Waals surface area (Å²) in [5, 5.41) is 57.0. The minimum Gasteiger partial charge on any atom is -0.481 e. The summed E-state index contributed by atoms with van der Waals surface area (Å²) in [6, 6.07) is -1.04.